The van der Waals surface area contributed by atoms with E-state index in [9.17, 15) is 0 Å². The molecule has 2 fully saturated rings. The maximum absolute atomic E-state index is 6.23. The Morgan fingerprint density at radius 3 is 2.61 bits per heavy atom. The van der Waals surface area contributed by atoms with Gasteiger partial charge in [-0.15, -0.1) is 0 Å². The largest absolute Gasteiger partial charge is 0.495 e. The second-order valence-electron chi connectivity index (χ2n) is 9.75. The van der Waals surface area contributed by atoms with Gasteiger partial charge in [0.2, 0.25) is 0 Å². The molecule has 0 spiro atoms. The first-order valence-electron chi connectivity index (χ1n) is 12.1. The smallest absolute Gasteiger partial charge is 0.137 e. The summed E-state index contributed by atoms with van der Waals surface area (Å²) in [6.07, 6.45) is 15.9. The van der Waals surface area contributed by atoms with Gasteiger partial charge in [0.1, 0.15) is 5.75 Å². The average molecular weight is 440 g/mol. The summed E-state index contributed by atoms with van der Waals surface area (Å²) < 4.78 is 5.25. The third-order valence-corrected chi connectivity index (χ3v) is 8.38. The number of nitrogens with zero attached hydrogens (tertiary/aromatic N) is 2. The number of ether oxygens (including phenoxy) is 1. The van der Waals surface area contributed by atoms with E-state index in [1.54, 1.807) is 7.11 Å². The van der Waals surface area contributed by atoms with Gasteiger partial charge in [-0.2, -0.15) is 5.10 Å². The van der Waals surface area contributed by atoms with Crippen LogP contribution in [-0.4, -0.2) is 23.8 Å². The van der Waals surface area contributed by atoms with Gasteiger partial charge in [0.15, 0.2) is 0 Å². The van der Waals surface area contributed by atoms with E-state index in [0.717, 1.165) is 41.9 Å². The summed E-state index contributed by atoms with van der Waals surface area (Å²) in [5.41, 5.74) is 7.67. The summed E-state index contributed by atoms with van der Waals surface area (Å²) in [5, 5.41) is 5.88. The number of aromatic nitrogens is 1. The van der Waals surface area contributed by atoms with Crippen LogP contribution in [0.5, 0.6) is 5.75 Å². The summed E-state index contributed by atoms with van der Waals surface area (Å²) in [5.74, 6) is 4.25. The van der Waals surface area contributed by atoms with Gasteiger partial charge >= 0.3 is 0 Å². The lowest BCUT2D eigenvalue weighted by atomic mass is 9.71. The van der Waals surface area contributed by atoms with Crippen LogP contribution in [0.15, 0.2) is 46.2 Å². The second-order valence-corrected chi connectivity index (χ2v) is 10.2. The molecule has 5 heteroatoms. The second kappa shape index (κ2) is 8.97. The molecule has 0 bridgehead atoms. The fourth-order valence-corrected chi connectivity index (χ4v) is 6.32. The van der Waals surface area contributed by atoms with E-state index in [2.05, 4.69) is 35.6 Å². The third-order valence-electron chi connectivity index (χ3n) is 8.06. The molecule has 5 rings (SSSR count). The molecule has 0 radical (unpaired) electrons. The summed E-state index contributed by atoms with van der Waals surface area (Å²) in [6.45, 7) is 2.27. The zero-order chi connectivity index (χ0) is 21.4. The van der Waals surface area contributed by atoms with Crippen molar-refractivity contribution in [1.29, 1.82) is 0 Å². The Hall–Kier alpha value is -1.81. The first-order valence-corrected chi connectivity index (χ1v) is 12.4. The summed E-state index contributed by atoms with van der Waals surface area (Å²) >= 11 is 6.23. The lowest BCUT2D eigenvalue weighted by Gasteiger charge is -2.32. The van der Waals surface area contributed by atoms with Crippen molar-refractivity contribution in [1.82, 2.24) is 10.4 Å². The molecule has 3 unspecified atom stereocenters. The van der Waals surface area contributed by atoms with Gasteiger partial charge in [-0.3, -0.25) is 4.98 Å². The number of methoxy groups -OCH3 is 1. The molecule has 1 N–H and O–H groups in total. The fourth-order valence-electron chi connectivity index (χ4n) is 6.17. The Kier molecular flexibility index (Phi) is 6.10. The molecule has 1 aromatic heterocycles. The molecule has 3 aliphatic carbocycles. The van der Waals surface area contributed by atoms with Crippen LogP contribution in [0.2, 0.25) is 0 Å². The first kappa shape index (κ1) is 21.1. The van der Waals surface area contributed by atoms with E-state index < -0.39 is 0 Å². The van der Waals surface area contributed by atoms with Crippen LogP contribution in [0.25, 0.3) is 0 Å². The molecule has 1 aromatic rings. The Bertz CT molecular complexity index is 882. The van der Waals surface area contributed by atoms with Crippen molar-refractivity contribution in [3.05, 3.63) is 46.8 Å². The van der Waals surface area contributed by atoms with E-state index in [0.29, 0.717) is 23.8 Å². The lowest BCUT2D eigenvalue weighted by molar-refractivity contribution is 0.285. The molecule has 4 aliphatic rings. The van der Waals surface area contributed by atoms with Gasteiger partial charge in [0.05, 0.1) is 25.1 Å². The number of rotatable bonds is 6. The highest BCUT2D eigenvalue weighted by Gasteiger charge is 2.46. The van der Waals surface area contributed by atoms with Crippen LogP contribution in [0.1, 0.15) is 69.9 Å². The van der Waals surface area contributed by atoms with E-state index >= 15 is 0 Å². The molecule has 166 valence electrons. The normalized spacial score (nSPS) is 35.0. The highest BCUT2D eigenvalue weighted by Crippen LogP contribution is 2.55. The zero-order valence-electron chi connectivity index (χ0n) is 18.7. The van der Waals surface area contributed by atoms with Gasteiger partial charge in [-0.05, 0) is 87.3 Å². The number of nitrogens with one attached hydrogen (secondary N) is 1. The number of hydrogen-bond acceptors (Lipinski definition) is 4. The SMILES string of the molecule is CC[C@H]1NN=C(C2CCC(C3CC3c3ccc(OC)cn3)CC2)C1C1=CC=C(Cl)CC1. The van der Waals surface area contributed by atoms with E-state index in [1.165, 1.54) is 49.1 Å². The predicted molar refractivity (Wildman–Crippen MR) is 126 cm³/mol. The lowest BCUT2D eigenvalue weighted by Crippen LogP contribution is -2.34. The number of hydrogen-bond donors (Lipinski definition) is 1. The maximum atomic E-state index is 6.23. The summed E-state index contributed by atoms with van der Waals surface area (Å²) in [6, 6.07) is 4.65. The van der Waals surface area contributed by atoms with Crippen LogP contribution in [0, 0.1) is 23.7 Å². The van der Waals surface area contributed by atoms with Crippen LogP contribution in [0.3, 0.4) is 0 Å². The van der Waals surface area contributed by atoms with Gasteiger partial charge in [-0.25, -0.2) is 0 Å². The van der Waals surface area contributed by atoms with Crippen LogP contribution in [0.4, 0.5) is 0 Å². The van der Waals surface area contributed by atoms with Crippen LogP contribution in [-0.2, 0) is 0 Å². The van der Waals surface area contributed by atoms with Crippen molar-refractivity contribution < 1.29 is 4.74 Å². The minimum atomic E-state index is 0.443. The van der Waals surface area contributed by atoms with Gasteiger partial charge in [0, 0.05) is 22.6 Å². The van der Waals surface area contributed by atoms with Crippen LogP contribution < -0.4 is 10.2 Å². The van der Waals surface area contributed by atoms with E-state index in [1.807, 2.05) is 12.3 Å². The molecule has 4 nitrogen and oxygen atoms in total. The monoisotopic (exact) mass is 439 g/mol. The number of pyridine rings is 1. The topological polar surface area (TPSA) is 46.5 Å². The highest BCUT2D eigenvalue weighted by atomic mass is 35.5. The zero-order valence-corrected chi connectivity index (χ0v) is 19.4. The van der Waals surface area contributed by atoms with Crippen molar-refractivity contribution in [2.45, 2.75) is 70.3 Å². The Labute approximate surface area is 191 Å². The molecule has 2 saturated carbocycles. The molecule has 0 amide bonds. The van der Waals surface area contributed by atoms with Gasteiger partial charge in [-0.1, -0.05) is 30.2 Å². The Morgan fingerprint density at radius 1 is 1.13 bits per heavy atom. The minimum absolute atomic E-state index is 0.443. The molecule has 4 atom stereocenters. The van der Waals surface area contributed by atoms with Crippen molar-refractivity contribution in [2.75, 3.05) is 7.11 Å². The molecular formula is C26H34ClN3O. The average Bonchev–Trinajstić information content (AvgIpc) is 3.51. The maximum Gasteiger partial charge on any atom is 0.137 e. The van der Waals surface area contributed by atoms with E-state index in [4.69, 9.17) is 21.4 Å². The molecule has 31 heavy (non-hydrogen) atoms. The van der Waals surface area contributed by atoms with E-state index in [-0.39, 0.29) is 0 Å². The molecule has 2 heterocycles. The van der Waals surface area contributed by atoms with Crippen molar-refractivity contribution in [3.8, 4) is 5.75 Å². The fraction of sp³-hybridized carbons (Fsp3) is 0.615. The molecule has 0 aromatic carbocycles. The number of hydrazone groups is 1. The molecule has 0 saturated heterocycles. The minimum Gasteiger partial charge on any atom is -0.495 e. The van der Waals surface area contributed by atoms with Crippen molar-refractivity contribution in [3.63, 3.8) is 0 Å². The third kappa shape index (κ3) is 4.28. The van der Waals surface area contributed by atoms with Crippen molar-refractivity contribution >= 4 is 17.3 Å². The standard InChI is InChI=1S/C26H34ClN3O/c1-3-23-25(17-8-10-19(27)11-9-17)26(30-29-23)18-6-4-16(5-7-18)21-14-22(21)24-13-12-20(31-2)15-28-24/h8,10,12-13,15-16,18,21-23,25,29H,3-7,9,11,14H2,1-2H3/t16?,18?,21?,22?,23-,25?/m1/s1. The van der Waals surface area contributed by atoms with Crippen LogP contribution >= 0.6 is 11.6 Å². The predicted octanol–water partition coefficient (Wildman–Crippen LogP) is 6.20. The highest BCUT2D eigenvalue weighted by molar-refractivity contribution is 6.29. The number of allylic oxidation sites excluding steroid dienone is 3. The Balaban J connectivity index is 1.20. The molecular weight excluding hydrogens is 406 g/mol. The first-order chi connectivity index (χ1) is 15.2. The molecule has 1 aliphatic heterocycles. The van der Waals surface area contributed by atoms with Gasteiger partial charge in [0.25, 0.3) is 0 Å². The summed E-state index contributed by atoms with van der Waals surface area (Å²) in [4.78, 5) is 4.65. The summed E-state index contributed by atoms with van der Waals surface area (Å²) in [7, 11) is 1.70. The number of halogens is 1. The Morgan fingerprint density at radius 2 is 1.97 bits per heavy atom. The quantitative estimate of drug-likeness (QED) is 0.574. The van der Waals surface area contributed by atoms with Crippen molar-refractivity contribution in [2.24, 2.45) is 28.8 Å². The van der Waals surface area contributed by atoms with Gasteiger partial charge < -0.3 is 10.2 Å².